The van der Waals surface area contributed by atoms with Crippen molar-refractivity contribution in [3.05, 3.63) is 15.6 Å². The van der Waals surface area contributed by atoms with Gasteiger partial charge in [0.2, 0.25) is 0 Å². The first kappa shape index (κ1) is 15.6. The molecule has 1 aliphatic rings. The summed E-state index contributed by atoms with van der Waals surface area (Å²) < 4.78 is 5.27. The molecule has 0 aliphatic carbocycles. The molecule has 2 rings (SSSR count). The van der Waals surface area contributed by atoms with E-state index in [2.05, 4.69) is 21.8 Å². The van der Waals surface area contributed by atoms with Crippen molar-refractivity contribution in [2.75, 3.05) is 26.3 Å². The predicted octanol–water partition coefficient (Wildman–Crippen LogP) is 1.52. The van der Waals surface area contributed by atoms with Gasteiger partial charge >= 0.3 is 0 Å². The number of hydrogen-bond acceptors (Lipinski definition) is 4. The van der Waals surface area contributed by atoms with E-state index in [9.17, 15) is 0 Å². The highest BCUT2D eigenvalue weighted by Gasteiger charge is 2.12. The van der Waals surface area contributed by atoms with Gasteiger partial charge in [0.05, 0.1) is 30.5 Å². The van der Waals surface area contributed by atoms with Crippen LogP contribution in [0, 0.1) is 13.8 Å². The Morgan fingerprint density at radius 2 is 2.11 bits per heavy atom. The summed E-state index contributed by atoms with van der Waals surface area (Å²) in [5.74, 6) is 0.596. The first-order valence-corrected chi connectivity index (χ1v) is 6.54. The molecule has 7 heteroatoms. The van der Waals surface area contributed by atoms with Crippen LogP contribution in [0.5, 0.6) is 0 Å². The Morgan fingerprint density at radius 3 is 2.67 bits per heavy atom. The number of halogens is 1. The molecule has 1 saturated heterocycles. The van der Waals surface area contributed by atoms with Gasteiger partial charge in [0.1, 0.15) is 0 Å². The molecule has 18 heavy (non-hydrogen) atoms. The first-order chi connectivity index (χ1) is 8.16. The van der Waals surface area contributed by atoms with Crippen LogP contribution in [0.15, 0.2) is 4.99 Å². The Balaban J connectivity index is 0.00000162. The molecule has 1 aromatic rings. The third-order valence-electron chi connectivity index (χ3n) is 2.73. The van der Waals surface area contributed by atoms with Gasteiger partial charge in [-0.3, -0.25) is 0 Å². The monoisotopic (exact) mass is 382 g/mol. The van der Waals surface area contributed by atoms with Crippen LogP contribution in [0.1, 0.15) is 15.6 Å². The third kappa shape index (κ3) is 4.06. The molecule has 2 heterocycles. The zero-order valence-corrected chi connectivity index (χ0v) is 13.8. The Bertz CT molecular complexity index is 415. The maximum atomic E-state index is 5.95. The van der Waals surface area contributed by atoms with E-state index in [4.69, 9.17) is 10.5 Å². The zero-order chi connectivity index (χ0) is 12.3. The van der Waals surface area contributed by atoms with Crippen molar-refractivity contribution in [1.29, 1.82) is 0 Å². The third-order valence-corrected chi connectivity index (χ3v) is 3.65. The van der Waals surface area contributed by atoms with E-state index < -0.39 is 0 Å². The number of hydrogen-bond donors (Lipinski definition) is 1. The van der Waals surface area contributed by atoms with Crippen LogP contribution in [-0.2, 0) is 11.3 Å². The van der Waals surface area contributed by atoms with Crippen LogP contribution in [-0.4, -0.2) is 42.1 Å². The average Bonchev–Trinajstić information content (AvgIpc) is 2.66. The highest BCUT2D eigenvalue weighted by Crippen LogP contribution is 2.17. The first-order valence-electron chi connectivity index (χ1n) is 5.72. The van der Waals surface area contributed by atoms with Crippen molar-refractivity contribution in [3.63, 3.8) is 0 Å². The zero-order valence-electron chi connectivity index (χ0n) is 10.7. The van der Waals surface area contributed by atoms with Gasteiger partial charge in [-0.15, -0.1) is 35.3 Å². The highest BCUT2D eigenvalue weighted by molar-refractivity contribution is 14.0. The summed E-state index contributed by atoms with van der Waals surface area (Å²) in [7, 11) is 0. The fraction of sp³-hybridized carbons (Fsp3) is 0.636. The number of thiazole rings is 1. The van der Waals surface area contributed by atoms with Gasteiger partial charge in [-0.1, -0.05) is 0 Å². The number of ether oxygens (including phenoxy) is 1. The van der Waals surface area contributed by atoms with Crippen molar-refractivity contribution in [2.45, 2.75) is 20.4 Å². The number of nitrogens with zero attached hydrogens (tertiary/aromatic N) is 3. The molecule has 0 amide bonds. The maximum absolute atomic E-state index is 5.95. The normalized spacial score (nSPS) is 16.6. The molecule has 102 valence electrons. The maximum Gasteiger partial charge on any atom is 0.191 e. The van der Waals surface area contributed by atoms with E-state index in [0.29, 0.717) is 12.5 Å². The van der Waals surface area contributed by atoms with Crippen LogP contribution < -0.4 is 5.73 Å². The molecule has 1 fully saturated rings. The van der Waals surface area contributed by atoms with Gasteiger partial charge in [0.25, 0.3) is 0 Å². The Kier molecular flexibility index (Phi) is 6.30. The summed E-state index contributed by atoms with van der Waals surface area (Å²) >= 11 is 1.70. The van der Waals surface area contributed by atoms with E-state index >= 15 is 0 Å². The number of nitrogens with two attached hydrogens (primary N) is 1. The second-order valence-corrected chi connectivity index (χ2v) is 5.42. The van der Waals surface area contributed by atoms with Crippen LogP contribution >= 0.6 is 35.3 Å². The van der Waals surface area contributed by atoms with Crippen molar-refractivity contribution in [2.24, 2.45) is 10.7 Å². The second kappa shape index (κ2) is 7.25. The Morgan fingerprint density at radius 1 is 1.44 bits per heavy atom. The van der Waals surface area contributed by atoms with Gasteiger partial charge in [0.15, 0.2) is 5.96 Å². The molecule has 5 nitrogen and oxygen atoms in total. The number of rotatable bonds is 2. The standard InChI is InChI=1S/C11H18N4OS.HI/c1-8-10(14-9(2)17-8)7-13-11(12)15-3-5-16-6-4-15;/h3-7H2,1-2H3,(H2,12,13);1H. The lowest BCUT2D eigenvalue weighted by molar-refractivity contribution is 0.0674. The molecule has 1 aliphatic heterocycles. The SMILES string of the molecule is Cc1nc(CN=C(N)N2CCOCC2)c(C)s1.I. The van der Waals surface area contributed by atoms with Gasteiger partial charge in [-0.2, -0.15) is 0 Å². The Labute approximate surface area is 128 Å². The van der Waals surface area contributed by atoms with Crippen LogP contribution in [0.3, 0.4) is 0 Å². The van der Waals surface area contributed by atoms with Gasteiger partial charge < -0.3 is 15.4 Å². The van der Waals surface area contributed by atoms with Gasteiger partial charge in [-0.25, -0.2) is 9.98 Å². The predicted molar refractivity (Wildman–Crippen MR) is 84.7 cm³/mol. The van der Waals surface area contributed by atoms with E-state index in [0.717, 1.165) is 37.0 Å². The lowest BCUT2D eigenvalue weighted by Gasteiger charge is -2.27. The minimum Gasteiger partial charge on any atom is -0.378 e. The largest absolute Gasteiger partial charge is 0.378 e. The number of aliphatic imine (C=N–C) groups is 1. The van der Waals surface area contributed by atoms with Crippen molar-refractivity contribution in [1.82, 2.24) is 9.88 Å². The smallest absolute Gasteiger partial charge is 0.191 e. The molecule has 0 spiro atoms. The summed E-state index contributed by atoms with van der Waals surface area (Å²) in [4.78, 5) is 12.1. The summed E-state index contributed by atoms with van der Waals surface area (Å²) in [5, 5.41) is 1.08. The summed E-state index contributed by atoms with van der Waals surface area (Å²) in [5.41, 5.74) is 6.98. The lowest BCUT2D eigenvalue weighted by atomic mass is 10.4. The van der Waals surface area contributed by atoms with Crippen molar-refractivity contribution < 1.29 is 4.74 Å². The molecular formula is C11H19IN4OS. The number of aryl methyl sites for hydroxylation is 2. The van der Waals surface area contributed by atoms with E-state index in [1.165, 1.54) is 4.88 Å². The van der Waals surface area contributed by atoms with E-state index in [-0.39, 0.29) is 24.0 Å². The average molecular weight is 382 g/mol. The molecule has 0 aromatic carbocycles. The number of guanidine groups is 1. The number of aromatic nitrogens is 1. The lowest BCUT2D eigenvalue weighted by Crippen LogP contribution is -2.44. The van der Waals surface area contributed by atoms with Crippen LogP contribution in [0.2, 0.25) is 0 Å². The van der Waals surface area contributed by atoms with Crippen molar-refractivity contribution >= 4 is 41.3 Å². The summed E-state index contributed by atoms with van der Waals surface area (Å²) in [6.45, 7) is 7.75. The van der Waals surface area contributed by atoms with Crippen LogP contribution in [0.25, 0.3) is 0 Å². The van der Waals surface area contributed by atoms with E-state index in [1.807, 2.05) is 6.92 Å². The fourth-order valence-corrected chi connectivity index (χ4v) is 2.59. The van der Waals surface area contributed by atoms with Gasteiger partial charge in [0, 0.05) is 18.0 Å². The second-order valence-electron chi connectivity index (χ2n) is 4.01. The molecule has 2 N–H and O–H groups in total. The van der Waals surface area contributed by atoms with Crippen molar-refractivity contribution in [3.8, 4) is 0 Å². The minimum absolute atomic E-state index is 0. The molecule has 1 aromatic heterocycles. The molecule has 0 bridgehead atoms. The highest BCUT2D eigenvalue weighted by atomic mass is 127. The van der Waals surface area contributed by atoms with Crippen LogP contribution in [0.4, 0.5) is 0 Å². The molecule has 0 atom stereocenters. The number of morpholine rings is 1. The molecule has 0 radical (unpaired) electrons. The topological polar surface area (TPSA) is 63.7 Å². The van der Waals surface area contributed by atoms with Gasteiger partial charge in [-0.05, 0) is 13.8 Å². The quantitative estimate of drug-likeness (QED) is 0.479. The van der Waals surface area contributed by atoms with E-state index in [1.54, 1.807) is 11.3 Å². The summed E-state index contributed by atoms with van der Waals surface area (Å²) in [6, 6.07) is 0. The summed E-state index contributed by atoms with van der Waals surface area (Å²) in [6.07, 6.45) is 0. The molecule has 0 saturated carbocycles. The minimum atomic E-state index is 0. The fourth-order valence-electron chi connectivity index (χ4n) is 1.77. The molecular weight excluding hydrogens is 363 g/mol. The molecule has 0 unspecified atom stereocenters. The Hall–Kier alpha value is -0.410.